The highest BCUT2D eigenvalue weighted by Gasteiger charge is 2.31. The van der Waals surface area contributed by atoms with E-state index in [1.54, 1.807) is 26.2 Å². The summed E-state index contributed by atoms with van der Waals surface area (Å²) in [6, 6.07) is 6.97. The number of rotatable bonds is 8. The predicted octanol–water partition coefficient (Wildman–Crippen LogP) is 2.81. The highest BCUT2D eigenvalue weighted by atomic mass is 19.1. The lowest BCUT2D eigenvalue weighted by molar-refractivity contribution is 0.160. The number of ether oxygens (including phenoxy) is 1. The third-order valence-electron chi connectivity index (χ3n) is 6.39. The zero-order chi connectivity index (χ0) is 24.5. The van der Waals surface area contributed by atoms with Gasteiger partial charge in [0.15, 0.2) is 0 Å². The van der Waals surface area contributed by atoms with Crippen LogP contribution in [0.15, 0.2) is 41.0 Å². The van der Waals surface area contributed by atoms with E-state index < -0.39 is 5.67 Å². The van der Waals surface area contributed by atoms with Gasteiger partial charge in [0.05, 0.1) is 47.7 Å². The lowest BCUT2D eigenvalue weighted by Gasteiger charge is -2.37. The first-order chi connectivity index (χ1) is 16.2. The second-order valence-electron chi connectivity index (χ2n) is 9.57. The van der Waals surface area contributed by atoms with Crippen molar-refractivity contribution in [3.8, 4) is 5.75 Å². The number of halogens is 1. The maximum atomic E-state index is 14.6. The molecule has 1 atom stereocenters. The van der Waals surface area contributed by atoms with E-state index in [0.717, 1.165) is 37.2 Å². The predicted molar refractivity (Wildman–Crippen MR) is 132 cm³/mol. The number of aryl methyl sites for hydroxylation is 1. The molecule has 1 saturated heterocycles. The van der Waals surface area contributed by atoms with Gasteiger partial charge in [0.25, 0.3) is 5.56 Å². The van der Waals surface area contributed by atoms with Crippen LogP contribution < -0.4 is 26.8 Å². The van der Waals surface area contributed by atoms with Gasteiger partial charge in [-0.3, -0.25) is 4.79 Å². The highest BCUT2D eigenvalue weighted by Crippen LogP contribution is 2.31. The van der Waals surface area contributed by atoms with Gasteiger partial charge in [-0.25, -0.2) is 15.2 Å². The smallest absolute Gasteiger partial charge is 0.251 e. The maximum absolute atomic E-state index is 14.6. The van der Waals surface area contributed by atoms with Crippen molar-refractivity contribution in [2.24, 2.45) is 11.6 Å². The van der Waals surface area contributed by atoms with Crippen molar-refractivity contribution >= 4 is 11.4 Å². The summed E-state index contributed by atoms with van der Waals surface area (Å²) in [4.78, 5) is 19.4. The molecular weight excluding hydrogens is 435 g/mol. The average molecular weight is 471 g/mol. The largest absolute Gasteiger partial charge is 0.489 e. The second-order valence-corrected chi connectivity index (χ2v) is 9.57. The van der Waals surface area contributed by atoms with E-state index in [0.29, 0.717) is 42.2 Å². The van der Waals surface area contributed by atoms with E-state index in [9.17, 15) is 9.18 Å². The molecule has 4 N–H and O–H groups in total. The Morgan fingerprint density at radius 3 is 2.74 bits per heavy atom. The van der Waals surface area contributed by atoms with E-state index in [1.165, 1.54) is 15.6 Å². The number of pyridine rings is 2. The highest BCUT2D eigenvalue weighted by molar-refractivity contribution is 5.65. The van der Waals surface area contributed by atoms with Crippen LogP contribution in [0.2, 0.25) is 0 Å². The zero-order valence-corrected chi connectivity index (χ0v) is 20.3. The molecule has 2 fully saturated rings. The monoisotopic (exact) mass is 470 g/mol. The van der Waals surface area contributed by atoms with Crippen molar-refractivity contribution in [1.29, 1.82) is 0 Å². The van der Waals surface area contributed by atoms with Gasteiger partial charge in [-0.2, -0.15) is 0 Å². The van der Waals surface area contributed by atoms with Crippen LogP contribution in [0.4, 0.5) is 10.1 Å². The van der Waals surface area contributed by atoms with Gasteiger partial charge in [-0.1, -0.05) is 6.92 Å². The summed E-state index contributed by atoms with van der Waals surface area (Å²) in [5.74, 6) is 6.77. The molecule has 1 unspecified atom stereocenters. The molecule has 1 aliphatic carbocycles. The number of hydrogen-bond acceptors (Lipinski definition) is 7. The SMILES string of the molecule is CCc1nc(/C(N)=C(\Cn2cc(OC3CC3)ccc2=O)N(C)N)ccc1N1CCCC(C)(F)C1. The number of piperidine rings is 1. The van der Waals surface area contributed by atoms with E-state index in [4.69, 9.17) is 21.3 Å². The maximum Gasteiger partial charge on any atom is 0.251 e. The third kappa shape index (κ3) is 5.52. The molecule has 2 aromatic heterocycles. The summed E-state index contributed by atoms with van der Waals surface area (Å²) >= 11 is 0. The van der Waals surface area contributed by atoms with Gasteiger partial charge >= 0.3 is 0 Å². The summed E-state index contributed by atoms with van der Waals surface area (Å²) in [6.07, 6.45) is 6.05. The number of allylic oxidation sites excluding steroid dienone is 1. The molecule has 0 bridgehead atoms. The van der Waals surface area contributed by atoms with Gasteiger partial charge in [-0.15, -0.1) is 0 Å². The molecule has 0 aromatic carbocycles. The molecular formula is C25H35FN6O2. The number of likely N-dealkylation sites (N-methyl/N-ethyl adjacent to an activating group) is 1. The first-order valence-corrected chi connectivity index (χ1v) is 11.9. The van der Waals surface area contributed by atoms with Crippen LogP contribution in [0, 0.1) is 0 Å². The molecule has 9 heteroatoms. The van der Waals surface area contributed by atoms with Gasteiger partial charge in [-0.05, 0) is 57.2 Å². The van der Waals surface area contributed by atoms with Crippen molar-refractivity contribution < 1.29 is 9.13 Å². The van der Waals surface area contributed by atoms with Crippen LogP contribution >= 0.6 is 0 Å². The molecule has 1 saturated carbocycles. The van der Waals surface area contributed by atoms with Crippen LogP contribution in [0.3, 0.4) is 0 Å². The second kappa shape index (κ2) is 9.66. The topological polar surface area (TPSA) is 103 Å². The average Bonchev–Trinajstić information content (AvgIpc) is 3.61. The molecule has 34 heavy (non-hydrogen) atoms. The summed E-state index contributed by atoms with van der Waals surface area (Å²) in [6.45, 7) is 5.01. The minimum Gasteiger partial charge on any atom is -0.489 e. The molecule has 2 aliphatic rings. The van der Waals surface area contributed by atoms with Crippen molar-refractivity contribution in [1.82, 2.24) is 14.6 Å². The van der Waals surface area contributed by atoms with Gasteiger partial charge in [0.1, 0.15) is 11.4 Å². The molecule has 4 rings (SSSR count). The van der Waals surface area contributed by atoms with Crippen LogP contribution in [0.1, 0.15) is 50.9 Å². The lowest BCUT2D eigenvalue weighted by Crippen LogP contribution is -2.44. The van der Waals surface area contributed by atoms with Crippen molar-refractivity contribution in [2.75, 3.05) is 25.0 Å². The minimum atomic E-state index is -1.21. The molecule has 2 aromatic rings. The number of anilines is 1. The Morgan fingerprint density at radius 2 is 2.09 bits per heavy atom. The Hall–Kier alpha value is -3.07. The first kappa shape index (κ1) is 24.1. The van der Waals surface area contributed by atoms with Crippen LogP contribution in [0.25, 0.3) is 5.70 Å². The number of hydrogen-bond donors (Lipinski definition) is 2. The van der Waals surface area contributed by atoms with Crippen molar-refractivity contribution in [2.45, 2.75) is 64.3 Å². The van der Waals surface area contributed by atoms with Crippen LogP contribution in [0.5, 0.6) is 5.75 Å². The number of hydrazine groups is 1. The number of aromatic nitrogens is 2. The molecule has 0 radical (unpaired) electrons. The lowest BCUT2D eigenvalue weighted by atomic mass is 9.96. The van der Waals surface area contributed by atoms with E-state index in [-0.39, 0.29) is 18.2 Å². The standard InChI is InChI=1S/C25H35FN6O2/c1-4-19-21(31-13-5-12-25(2,26)16-31)10-9-20(29-19)24(27)22(30(3)28)15-32-14-18(8-11-23(32)33)34-17-6-7-17/h8-11,14,17H,4-7,12-13,15-16,27-28H2,1-3H3/b24-22-. The normalized spacial score (nSPS) is 21.3. The number of alkyl halides is 1. The molecule has 0 spiro atoms. The van der Waals surface area contributed by atoms with Crippen LogP contribution in [-0.2, 0) is 13.0 Å². The zero-order valence-electron chi connectivity index (χ0n) is 20.3. The molecule has 3 heterocycles. The summed E-state index contributed by atoms with van der Waals surface area (Å²) in [5.41, 5.74) is 8.47. The van der Waals surface area contributed by atoms with Crippen molar-refractivity contribution in [3.05, 3.63) is 57.9 Å². The van der Waals surface area contributed by atoms with Gasteiger partial charge < -0.3 is 24.9 Å². The van der Waals surface area contributed by atoms with Crippen molar-refractivity contribution in [3.63, 3.8) is 0 Å². The van der Waals surface area contributed by atoms with Gasteiger partial charge in [0.2, 0.25) is 0 Å². The van der Waals surface area contributed by atoms with E-state index in [1.807, 2.05) is 19.1 Å². The summed E-state index contributed by atoms with van der Waals surface area (Å²) < 4.78 is 22.0. The van der Waals surface area contributed by atoms with Gasteiger partial charge in [0, 0.05) is 25.9 Å². The van der Waals surface area contributed by atoms with E-state index in [2.05, 4.69) is 4.90 Å². The number of nitrogens with zero attached hydrogens (tertiary/aromatic N) is 4. The summed E-state index contributed by atoms with van der Waals surface area (Å²) in [7, 11) is 1.68. The Bertz CT molecular complexity index is 1120. The Balaban J connectivity index is 1.64. The summed E-state index contributed by atoms with van der Waals surface area (Å²) in [5, 5.41) is 1.41. The molecule has 184 valence electrons. The molecule has 8 nitrogen and oxygen atoms in total. The quantitative estimate of drug-likeness (QED) is 0.452. The number of nitrogens with two attached hydrogens (primary N) is 2. The fourth-order valence-corrected chi connectivity index (χ4v) is 4.37. The molecule has 0 amide bonds. The fourth-order valence-electron chi connectivity index (χ4n) is 4.37. The third-order valence-corrected chi connectivity index (χ3v) is 6.39. The fraction of sp³-hybridized carbons (Fsp3) is 0.520. The van der Waals surface area contributed by atoms with Crippen LogP contribution in [-0.4, -0.2) is 46.5 Å². The Morgan fingerprint density at radius 1 is 1.32 bits per heavy atom. The Labute approximate surface area is 200 Å². The minimum absolute atomic E-state index is 0.174. The van der Waals surface area contributed by atoms with E-state index >= 15 is 0 Å². The first-order valence-electron chi connectivity index (χ1n) is 11.9. The molecule has 1 aliphatic heterocycles. The Kier molecular flexibility index (Phi) is 6.84.